The summed E-state index contributed by atoms with van der Waals surface area (Å²) in [5, 5.41) is 0. The van der Waals surface area contributed by atoms with Crippen LogP contribution in [0.4, 0.5) is 0 Å². The molecule has 2 nitrogen and oxygen atoms in total. The second-order valence-electron chi connectivity index (χ2n) is 2.02. The van der Waals surface area contributed by atoms with Crippen LogP contribution in [0.5, 0.6) is 0 Å². The van der Waals surface area contributed by atoms with Gasteiger partial charge in [-0.1, -0.05) is 35.1 Å². The van der Waals surface area contributed by atoms with E-state index in [2.05, 4.69) is 13.5 Å². The Morgan fingerprint density at radius 1 is 1.50 bits per heavy atom. The molecule has 0 rings (SSSR count). The maximum Gasteiger partial charge on any atom is 0.330 e. The summed E-state index contributed by atoms with van der Waals surface area (Å²) in [5.74, 6) is 1.67. The molecule has 0 aromatic heterocycles. The van der Waals surface area contributed by atoms with Crippen molar-refractivity contribution in [2.24, 2.45) is 0 Å². The van der Waals surface area contributed by atoms with Gasteiger partial charge < -0.3 is 4.74 Å². The molecule has 0 bridgehead atoms. The van der Waals surface area contributed by atoms with Crippen molar-refractivity contribution in [1.29, 1.82) is 0 Å². The van der Waals surface area contributed by atoms with Crippen LogP contribution in [-0.4, -0.2) is 24.1 Å². The van der Waals surface area contributed by atoms with Gasteiger partial charge in [0.25, 0.3) is 0 Å². The van der Waals surface area contributed by atoms with Crippen molar-refractivity contribution in [3.63, 3.8) is 0 Å². The van der Waals surface area contributed by atoms with Crippen LogP contribution in [-0.2, 0) is 9.53 Å². The van der Waals surface area contributed by atoms with E-state index in [1.165, 1.54) is 12.5 Å². The van der Waals surface area contributed by atoms with Crippen LogP contribution in [0.3, 0.4) is 0 Å². The van der Waals surface area contributed by atoms with Crippen LogP contribution < -0.4 is 0 Å². The van der Waals surface area contributed by atoms with Crippen LogP contribution in [0, 0.1) is 0 Å². The predicted octanol–water partition coefficient (Wildman–Crippen LogP) is 2.51. The second-order valence-corrected chi connectivity index (χ2v) is 4.72. The van der Waals surface area contributed by atoms with Crippen LogP contribution >= 0.6 is 21.6 Å². The summed E-state index contributed by atoms with van der Waals surface area (Å²) in [4.78, 5) is 10.5. The van der Waals surface area contributed by atoms with Gasteiger partial charge in [0.2, 0.25) is 0 Å². The molecular weight excluding hydrogens is 192 g/mol. The van der Waals surface area contributed by atoms with Crippen molar-refractivity contribution in [3.05, 3.63) is 12.7 Å². The topological polar surface area (TPSA) is 26.3 Å². The Morgan fingerprint density at radius 3 is 2.75 bits per heavy atom. The molecule has 0 radical (unpaired) electrons. The molecule has 12 heavy (non-hydrogen) atoms. The lowest BCUT2D eigenvalue weighted by Gasteiger charge is -2.00. The highest BCUT2D eigenvalue weighted by Crippen LogP contribution is 2.20. The van der Waals surface area contributed by atoms with E-state index in [4.69, 9.17) is 4.74 Å². The molecule has 0 heterocycles. The number of hydrogen-bond donors (Lipinski definition) is 0. The fourth-order valence-electron chi connectivity index (χ4n) is 0.436. The van der Waals surface area contributed by atoms with E-state index < -0.39 is 0 Å². The molecule has 0 unspecified atom stereocenters. The fourth-order valence-corrected chi connectivity index (χ4v) is 2.40. The van der Waals surface area contributed by atoms with E-state index in [0.717, 1.165) is 11.5 Å². The van der Waals surface area contributed by atoms with Gasteiger partial charge in [-0.25, -0.2) is 4.79 Å². The molecule has 0 aliphatic rings. The summed E-state index contributed by atoms with van der Waals surface area (Å²) < 4.78 is 4.78. The summed E-state index contributed by atoms with van der Waals surface area (Å²) in [6, 6.07) is 0. The molecule has 0 spiro atoms. The van der Waals surface area contributed by atoms with E-state index in [-0.39, 0.29) is 5.97 Å². The first-order chi connectivity index (χ1) is 5.81. The van der Waals surface area contributed by atoms with Crippen molar-refractivity contribution >= 4 is 27.6 Å². The summed E-state index contributed by atoms with van der Waals surface area (Å²) in [7, 11) is 3.55. The Balaban J connectivity index is 3.00. The smallest absolute Gasteiger partial charge is 0.330 e. The zero-order valence-electron chi connectivity index (χ0n) is 7.25. The molecule has 0 atom stereocenters. The van der Waals surface area contributed by atoms with Crippen molar-refractivity contribution in [1.82, 2.24) is 0 Å². The fraction of sp³-hybridized carbons (Fsp3) is 0.625. The summed E-state index contributed by atoms with van der Waals surface area (Å²) in [5.41, 5.74) is 0. The van der Waals surface area contributed by atoms with Gasteiger partial charge in [0.15, 0.2) is 0 Å². The molecule has 0 fully saturated rings. The highest BCUT2D eigenvalue weighted by molar-refractivity contribution is 8.76. The number of ether oxygens (including phenoxy) is 1. The Labute approximate surface area is 81.5 Å². The molecule has 70 valence electrons. The monoisotopic (exact) mass is 206 g/mol. The highest BCUT2D eigenvalue weighted by Gasteiger charge is 1.94. The Kier molecular flexibility index (Phi) is 8.93. The average Bonchev–Trinajstić information content (AvgIpc) is 2.10. The number of hydrogen-bond acceptors (Lipinski definition) is 4. The third kappa shape index (κ3) is 8.01. The van der Waals surface area contributed by atoms with Gasteiger partial charge in [-0.15, -0.1) is 0 Å². The third-order valence-electron chi connectivity index (χ3n) is 0.948. The molecule has 0 saturated carbocycles. The molecule has 4 heteroatoms. The minimum atomic E-state index is -0.337. The largest absolute Gasteiger partial charge is 0.462 e. The van der Waals surface area contributed by atoms with Crippen molar-refractivity contribution in [2.75, 3.05) is 18.1 Å². The Morgan fingerprint density at radius 2 is 2.17 bits per heavy atom. The molecule has 0 N–H and O–H groups in total. The predicted molar refractivity (Wildman–Crippen MR) is 56.4 cm³/mol. The van der Waals surface area contributed by atoms with Gasteiger partial charge in [0.05, 0.1) is 0 Å². The lowest BCUT2D eigenvalue weighted by Crippen LogP contribution is -2.02. The molecule has 0 aliphatic carbocycles. The third-order valence-corrected chi connectivity index (χ3v) is 3.52. The number of carbonyl (C=O) groups excluding carboxylic acids is 1. The molecule has 0 aliphatic heterocycles. The maximum atomic E-state index is 10.5. The highest BCUT2D eigenvalue weighted by atomic mass is 33.1. The van der Waals surface area contributed by atoms with E-state index in [1.54, 1.807) is 10.8 Å². The summed E-state index contributed by atoms with van der Waals surface area (Å²) >= 11 is 0. The quantitative estimate of drug-likeness (QED) is 0.277. The van der Waals surface area contributed by atoms with Crippen LogP contribution in [0.25, 0.3) is 0 Å². The molecule has 0 aromatic rings. The SMILES string of the molecule is C=CC(=O)OCCSSCCC. The minimum absolute atomic E-state index is 0.337. The minimum Gasteiger partial charge on any atom is -0.462 e. The standard InChI is InChI=1S/C8H14O2S2/c1-3-6-11-12-7-5-10-8(9)4-2/h4H,2-3,5-7H2,1H3. The van der Waals surface area contributed by atoms with Crippen molar-refractivity contribution in [3.8, 4) is 0 Å². The first kappa shape index (κ1) is 11.9. The number of esters is 1. The normalized spacial score (nSPS) is 9.42. The Bertz CT molecular complexity index is 137. The lowest BCUT2D eigenvalue weighted by atomic mass is 10.6. The average molecular weight is 206 g/mol. The first-order valence-corrected chi connectivity index (χ1v) is 6.33. The summed E-state index contributed by atoms with van der Waals surface area (Å²) in [6.45, 7) is 5.92. The van der Waals surface area contributed by atoms with Gasteiger partial charge in [-0.3, -0.25) is 0 Å². The van der Waals surface area contributed by atoms with E-state index in [0.29, 0.717) is 6.61 Å². The van der Waals surface area contributed by atoms with Crippen LogP contribution in [0.15, 0.2) is 12.7 Å². The summed E-state index contributed by atoms with van der Waals surface area (Å²) in [6.07, 6.45) is 2.37. The zero-order chi connectivity index (χ0) is 9.23. The zero-order valence-corrected chi connectivity index (χ0v) is 8.88. The van der Waals surface area contributed by atoms with Gasteiger partial charge in [-0.2, -0.15) is 0 Å². The van der Waals surface area contributed by atoms with Crippen molar-refractivity contribution < 1.29 is 9.53 Å². The Hall–Kier alpha value is -0.0900. The molecule has 0 saturated heterocycles. The molecule has 0 aromatic carbocycles. The second kappa shape index (κ2) is 9.00. The van der Waals surface area contributed by atoms with Gasteiger partial charge >= 0.3 is 5.97 Å². The lowest BCUT2D eigenvalue weighted by molar-refractivity contribution is -0.137. The van der Waals surface area contributed by atoms with E-state index in [1.807, 2.05) is 10.8 Å². The number of carbonyl (C=O) groups is 1. The van der Waals surface area contributed by atoms with Crippen LogP contribution in [0.2, 0.25) is 0 Å². The van der Waals surface area contributed by atoms with Gasteiger partial charge in [-0.05, 0) is 6.42 Å². The first-order valence-electron chi connectivity index (χ1n) is 3.84. The number of rotatable bonds is 7. The van der Waals surface area contributed by atoms with Gasteiger partial charge in [0.1, 0.15) is 6.61 Å². The molecule has 0 amide bonds. The van der Waals surface area contributed by atoms with E-state index >= 15 is 0 Å². The van der Waals surface area contributed by atoms with E-state index in [9.17, 15) is 4.79 Å². The van der Waals surface area contributed by atoms with Gasteiger partial charge in [0, 0.05) is 17.6 Å². The van der Waals surface area contributed by atoms with Crippen LogP contribution in [0.1, 0.15) is 13.3 Å². The maximum absolute atomic E-state index is 10.5. The van der Waals surface area contributed by atoms with Crippen molar-refractivity contribution in [2.45, 2.75) is 13.3 Å². The molecular formula is C8H14O2S2.